The van der Waals surface area contributed by atoms with Crippen molar-refractivity contribution in [3.63, 3.8) is 0 Å². The summed E-state index contributed by atoms with van der Waals surface area (Å²) in [7, 11) is 0. The average Bonchev–Trinajstić information content (AvgIpc) is 3.06. The number of nitrogens with two attached hydrogens (primary N) is 1. The molecule has 0 spiro atoms. The summed E-state index contributed by atoms with van der Waals surface area (Å²) in [5, 5.41) is 4.42. The first-order chi connectivity index (χ1) is 10.00. The van der Waals surface area contributed by atoms with E-state index in [0.717, 1.165) is 30.6 Å². The summed E-state index contributed by atoms with van der Waals surface area (Å²) >= 11 is 0. The molecule has 2 aromatic rings. The van der Waals surface area contributed by atoms with Crippen LogP contribution in [0.3, 0.4) is 0 Å². The highest BCUT2D eigenvalue weighted by Gasteiger charge is 2.28. The van der Waals surface area contributed by atoms with E-state index in [1.54, 1.807) is 0 Å². The van der Waals surface area contributed by atoms with Crippen molar-refractivity contribution in [2.45, 2.75) is 52.6 Å². The minimum atomic E-state index is -0.118. The van der Waals surface area contributed by atoms with Crippen molar-refractivity contribution in [3.8, 4) is 11.3 Å². The summed E-state index contributed by atoms with van der Waals surface area (Å²) in [5.41, 5.74) is 8.15. The Bertz CT molecular complexity index is 569. The summed E-state index contributed by atoms with van der Waals surface area (Å²) < 4.78 is 4.19. The van der Waals surface area contributed by atoms with E-state index >= 15 is 0 Å². The van der Waals surface area contributed by atoms with Crippen molar-refractivity contribution in [3.05, 3.63) is 24.9 Å². The predicted octanol–water partition coefficient (Wildman–Crippen LogP) is 2.88. The van der Waals surface area contributed by atoms with E-state index in [1.807, 2.05) is 23.4 Å². The van der Waals surface area contributed by atoms with Crippen LogP contribution in [0.1, 0.15) is 40.5 Å². The van der Waals surface area contributed by atoms with E-state index in [9.17, 15) is 0 Å². The third-order valence-corrected chi connectivity index (χ3v) is 3.89. The lowest BCUT2D eigenvalue weighted by Gasteiger charge is -2.33. The van der Waals surface area contributed by atoms with Crippen LogP contribution in [0.25, 0.3) is 11.3 Å². The minimum Gasteiger partial charge on any atom is -0.328 e. The van der Waals surface area contributed by atoms with E-state index in [0.29, 0.717) is 12.5 Å². The van der Waals surface area contributed by atoms with Crippen LogP contribution >= 0.6 is 0 Å². The molecule has 0 saturated heterocycles. The zero-order valence-electron chi connectivity index (χ0n) is 13.6. The average molecular weight is 289 g/mol. The van der Waals surface area contributed by atoms with Gasteiger partial charge in [-0.15, -0.1) is 0 Å². The van der Waals surface area contributed by atoms with Crippen LogP contribution in [-0.2, 0) is 12.1 Å². The Kier molecular flexibility index (Phi) is 4.83. The van der Waals surface area contributed by atoms with Crippen molar-refractivity contribution in [1.29, 1.82) is 0 Å². The highest BCUT2D eigenvalue weighted by Crippen LogP contribution is 2.30. The van der Waals surface area contributed by atoms with Crippen LogP contribution in [0, 0.1) is 5.92 Å². The van der Waals surface area contributed by atoms with E-state index in [4.69, 9.17) is 5.73 Å². The molecule has 5 nitrogen and oxygen atoms in total. The molecule has 0 bridgehead atoms. The zero-order chi connectivity index (χ0) is 15.5. The van der Waals surface area contributed by atoms with Crippen LogP contribution in [0.5, 0.6) is 0 Å². The van der Waals surface area contributed by atoms with Crippen LogP contribution in [0.15, 0.2) is 24.9 Å². The van der Waals surface area contributed by atoms with Gasteiger partial charge in [0.05, 0.1) is 30.0 Å². The van der Waals surface area contributed by atoms with Crippen molar-refractivity contribution >= 4 is 0 Å². The normalized spacial score (nSPS) is 14.6. The van der Waals surface area contributed by atoms with Gasteiger partial charge in [-0.1, -0.05) is 20.8 Å². The molecule has 2 aromatic heterocycles. The number of rotatable bonds is 7. The standard InChI is InChI=1S/C16H27N5/c1-5-6-20-10-14(8-19-20)15-9-18-12-21(15)16(4,11-17)7-13(2)3/h8-10,12-13H,5-7,11,17H2,1-4H3. The second-order valence-electron chi connectivity index (χ2n) is 6.44. The molecule has 2 rings (SSSR count). The van der Waals surface area contributed by atoms with Crippen LogP contribution < -0.4 is 5.73 Å². The Morgan fingerprint density at radius 3 is 2.71 bits per heavy atom. The number of aromatic nitrogens is 4. The van der Waals surface area contributed by atoms with E-state index in [-0.39, 0.29) is 5.54 Å². The molecule has 0 amide bonds. The third kappa shape index (κ3) is 3.35. The van der Waals surface area contributed by atoms with Crippen LogP contribution in [0.4, 0.5) is 0 Å². The number of hydrogen-bond acceptors (Lipinski definition) is 3. The summed E-state index contributed by atoms with van der Waals surface area (Å²) in [4.78, 5) is 4.35. The van der Waals surface area contributed by atoms with E-state index < -0.39 is 0 Å². The van der Waals surface area contributed by atoms with Gasteiger partial charge in [-0.25, -0.2) is 4.98 Å². The van der Waals surface area contributed by atoms with Gasteiger partial charge in [-0.2, -0.15) is 5.10 Å². The van der Waals surface area contributed by atoms with Gasteiger partial charge in [0, 0.05) is 24.8 Å². The smallest absolute Gasteiger partial charge is 0.0956 e. The molecule has 0 fully saturated rings. The molecule has 1 atom stereocenters. The molecule has 2 heterocycles. The van der Waals surface area contributed by atoms with Gasteiger partial charge in [0.2, 0.25) is 0 Å². The van der Waals surface area contributed by atoms with Crippen LogP contribution in [0.2, 0.25) is 0 Å². The number of aryl methyl sites for hydroxylation is 1. The van der Waals surface area contributed by atoms with Crippen molar-refractivity contribution in [1.82, 2.24) is 19.3 Å². The fraction of sp³-hybridized carbons (Fsp3) is 0.625. The van der Waals surface area contributed by atoms with Crippen molar-refractivity contribution < 1.29 is 0 Å². The molecule has 21 heavy (non-hydrogen) atoms. The van der Waals surface area contributed by atoms with Gasteiger partial charge in [-0.3, -0.25) is 4.68 Å². The monoisotopic (exact) mass is 289 g/mol. The van der Waals surface area contributed by atoms with Gasteiger partial charge in [-0.05, 0) is 25.7 Å². The van der Waals surface area contributed by atoms with Gasteiger partial charge in [0.25, 0.3) is 0 Å². The number of hydrogen-bond donors (Lipinski definition) is 1. The lowest BCUT2D eigenvalue weighted by Crippen LogP contribution is -2.39. The Hall–Kier alpha value is -1.62. The first-order valence-electron chi connectivity index (χ1n) is 7.76. The van der Waals surface area contributed by atoms with Gasteiger partial charge in [0.1, 0.15) is 0 Å². The maximum Gasteiger partial charge on any atom is 0.0956 e. The molecule has 5 heteroatoms. The zero-order valence-corrected chi connectivity index (χ0v) is 13.6. The molecule has 116 valence electrons. The summed E-state index contributed by atoms with van der Waals surface area (Å²) in [5.74, 6) is 0.580. The van der Waals surface area contributed by atoms with E-state index in [2.05, 4.69) is 48.5 Å². The molecule has 0 saturated carbocycles. The quantitative estimate of drug-likeness (QED) is 0.852. The molecule has 2 N–H and O–H groups in total. The summed E-state index contributed by atoms with van der Waals surface area (Å²) in [6, 6.07) is 0. The molecule has 1 unspecified atom stereocenters. The first-order valence-corrected chi connectivity index (χ1v) is 7.76. The fourth-order valence-electron chi connectivity index (χ4n) is 2.95. The Morgan fingerprint density at radius 1 is 1.33 bits per heavy atom. The molecular weight excluding hydrogens is 262 g/mol. The van der Waals surface area contributed by atoms with Gasteiger partial charge < -0.3 is 10.3 Å². The number of nitrogens with zero attached hydrogens (tertiary/aromatic N) is 4. The largest absolute Gasteiger partial charge is 0.328 e. The molecule has 0 radical (unpaired) electrons. The van der Waals surface area contributed by atoms with Gasteiger partial charge >= 0.3 is 0 Å². The van der Waals surface area contributed by atoms with E-state index in [1.165, 1.54) is 0 Å². The summed E-state index contributed by atoms with van der Waals surface area (Å²) in [6.07, 6.45) is 9.90. The first kappa shape index (κ1) is 15.8. The molecule has 0 aliphatic heterocycles. The second-order valence-corrected chi connectivity index (χ2v) is 6.44. The topological polar surface area (TPSA) is 61.7 Å². The number of imidazole rings is 1. The molecule has 0 aromatic carbocycles. The Morgan fingerprint density at radius 2 is 2.10 bits per heavy atom. The lowest BCUT2D eigenvalue weighted by atomic mass is 9.90. The maximum absolute atomic E-state index is 6.08. The SMILES string of the molecule is CCCn1cc(-c2cncn2C(C)(CN)CC(C)C)cn1. The third-order valence-electron chi connectivity index (χ3n) is 3.89. The maximum atomic E-state index is 6.08. The molecule has 0 aliphatic rings. The molecular formula is C16H27N5. The lowest BCUT2D eigenvalue weighted by molar-refractivity contribution is 0.267. The Labute approximate surface area is 127 Å². The summed E-state index contributed by atoms with van der Waals surface area (Å²) in [6.45, 7) is 10.3. The van der Waals surface area contributed by atoms with Crippen molar-refractivity contribution in [2.24, 2.45) is 11.7 Å². The highest BCUT2D eigenvalue weighted by molar-refractivity contribution is 5.57. The predicted molar refractivity (Wildman–Crippen MR) is 85.9 cm³/mol. The minimum absolute atomic E-state index is 0.118. The Balaban J connectivity index is 2.36. The second kappa shape index (κ2) is 6.43. The van der Waals surface area contributed by atoms with Crippen molar-refractivity contribution in [2.75, 3.05) is 6.54 Å². The highest BCUT2D eigenvalue weighted by atomic mass is 15.3. The van der Waals surface area contributed by atoms with Gasteiger partial charge in [0.15, 0.2) is 0 Å². The molecule has 0 aliphatic carbocycles. The fourth-order valence-corrected chi connectivity index (χ4v) is 2.95. The van der Waals surface area contributed by atoms with Crippen LogP contribution in [-0.4, -0.2) is 25.9 Å².